The summed E-state index contributed by atoms with van der Waals surface area (Å²) in [5.41, 5.74) is 1.03. The minimum absolute atomic E-state index is 0.0215. The van der Waals surface area contributed by atoms with Gasteiger partial charge in [-0.3, -0.25) is 14.7 Å². The molecular formula is C12H11Cl3N2OS. The number of hydrogen-bond donors (Lipinski definition) is 0. The number of carbonyl (C=O) groups is 1. The maximum atomic E-state index is 11.6. The fourth-order valence-electron chi connectivity index (χ4n) is 1.63. The highest BCUT2D eigenvalue weighted by Gasteiger charge is 2.23. The predicted molar refractivity (Wildman–Crippen MR) is 82.5 cm³/mol. The molecule has 0 radical (unpaired) electrons. The van der Waals surface area contributed by atoms with Crippen LogP contribution in [-0.4, -0.2) is 34.9 Å². The third-order valence-corrected chi connectivity index (χ3v) is 4.62. The molecule has 1 aliphatic rings. The number of rotatable bonds is 3. The van der Waals surface area contributed by atoms with Crippen LogP contribution in [0.25, 0.3) is 0 Å². The third kappa shape index (κ3) is 3.78. The lowest BCUT2D eigenvalue weighted by molar-refractivity contribution is -0.124. The first-order valence-electron chi connectivity index (χ1n) is 5.59. The van der Waals surface area contributed by atoms with Crippen LogP contribution in [-0.2, 0) is 10.5 Å². The summed E-state index contributed by atoms with van der Waals surface area (Å²) in [7, 11) is 0. The lowest BCUT2D eigenvalue weighted by Crippen LogP contribution is -2.33. The number of thioether (sulfide) groups is 1. The molecule has 0 saturated heterocycles. The zero-order valence-electron chi connectivity index (χ0n) is 9.91. The van der Waals surface area contributed by atoms with Gasteiger partial charge in [-0.2, -0.15) is 0 Å². The molecule has 19 heavy (non-hydrogen) atoms. The van der Waals surface area contributed by atoms with Gasteiger partial charge >= 0.3 is 0 Å². The van der Waals surface area contributed by atoms with Crippen molar-refractivity contribution in [3.8, 4) is 0 Å². The molecule has 1 aliphatic heterocycles. The summed E-state index contributed by atoms with van der Waals surface area (Å²) in [5, 5.41) is 1.78. The van der Waals surface area contributed by atoms with Crippen molar-refractivity contribution in [1.82, 2.24) is 4.90 Å². The van der Waals surface area contributed by atoms with Crippen LogP contribution in [0, 0.1) is 0 Å². The molecule has 0 saturated carbocycles. The molecule has 0 aromatic heterocycles. The molecule has 3 nitrogen and oxygen atoms in total. The molecule has 0 spiro atoms. The fraction of sp³-hybridized carbons (Fsp3) is 0.333. The molecule has 1 aromatic carbocycles. The minimum Gasteiger partial charge on any atom is -0.289 e. The molecule has 0 fully saturated rings. The van der Waals surface area contributed by atoms with Gasteiger partial charge in [-0.15, -0.1) is 11.6 Å². The van der Waals surface area contributed by atoms with E-state index in [9.17, 15) is 4.79 Å². The first-order valence-corrected chi connectivity index (χ1v) is 7.87. The van der Waals surface area contributed by atoms with Gasteiger partial charge in [-0.25, -0.2) is 0 Å². The highest BCUT2D eigenvalue weighted by Crippen LogP contribution is 2.26. The van der Waals surface area contributed by atoms with Gasteiger partial charge in [0.1, 0.15) is 5.88 Å². The van der Waals surface area contributed by atoms with Crippen molar-refractivity contribution in [2.75, 3.05) is 19.0 Å². The molecule has 0 aliphatic carbocycles. The Morgan fingerprint density at radius 1 is 1.37 bits per heavy atom. The van der Waals surface area contributed by atoms with Crippen molar-refractivity contribution in [3.63, 3.8) is 0 Å². The molecule has 0 atom stereocenters. The minimum atomic E-state index is -0.112. The Hall–Kier alpha value is -0.420. The monoisotopic (exact) mass is 336 g/mol. The quantitative estimate of drug-likeness (QED) is 0.788. The molecule has 7 heteroatoms. The maximum absolute atomic E-state index is 11.6. The molecular weight excluding hydrogens is 327 g/mol. The highest BCUT2D eigenvalue weighted by molar-refractivity contribution is 8.13. The van der Waals surface area contributed by atoms with Crippen molar-refractivity contribution in [2.45, 2.75) is 5.75 Å². The van der Waals surface area contributed by atoms with Crippen LogP contribution in [0.15, 0.2) is 23.2 Å². The van der Waals surface area contributed by atoms with Crippen molar-refractivity contribution >= 4 is 57.6 Å². The van der Waals surface area contributed by atoms with Gasteiger partial charge in [0.15, 0.2) is 5.17 Å². The number of alkyl halides is 1. The van der Waals surface area contributed by atoms with E-state index in [0.717, 1.165) is 10.7 Å². The van der Waals surface area contributed by atoms with Crippen LogP contribution in [0.4, 0.5) is 0 Å². The van der Waals surface area contributed by atoms with Gasteiger partial charge in [0.2, 0.25) is 5.91 Å². The van der Waals surface area contributed by atoms with Gasteiger partial charge in [0, 0.05) is 12.3 Å². The number of halogens is 3. The standard InChI is InChI=1S/C12H11Cl3N2OS/c13-6-11(18)17-4-3-16-12(17)19-7-8-1-2-9(14)10(15)5-8/h1-2,5H,3-4,6-7H2. The summed E-state index contributed by atoms with van der Waals surface area (Å²) in [4.78, 5) is 17.5. The Morgan fingerprint density at radius 3 is 2.84 bits per heavy atom. The molecule has 0 unspecified atom stereocenters. The highest BCUT2D eigenvalue weighted by atomic mass is 35.5. The number of carbonyl (C=O) groups excluding carboxylic acids is 1. The van der Waals surface area contributed by atoms with E-state index >= 15 is 0 Å². The Labute approximate surface area is 130 Å². The molecule has 1 amide bonds. The number of aliphatic imine (C=N–C) groups is 1. The van der Waals surface area contributed by atoms with Gasteiger partial charge in [0.25, 0.3) is 0 Å². The molecule has 1 heterocycles. The van der Waals surface area contributed by atoms with Crippen molar-refractivity contribution < 1.29 is 4.79 Å². The SMILES string of the molecule is O=C(CCl)N1CCN=C1SCc1ccc(Cl)c(Cl)c1. The molecule has 0 N–H and O–H groups in total. The summed E-state index contributed by atoms with van der Waals surface area (Å²) in [5.74, 6) is 0.549. The Bertz CT molecular complexity index is 522. The summed E-state index contributed by atoms with van der Waals surface area (Å²) in [6.07, 6.45) is 0. The first kappa shape index (κ1) is 15.0. The molecule has 0 bridgehead atoms. The first-order chi connectivity index (χ1) is 9.11. The largest absolute Gasteiger partial charge is 0.289 e. The Morgan fingerprint density at radius 2 is 2.16 bits per heavy atom. The van der Waals surface area contributed by atoms with Crippen LogP contribution in [0.2, 0.25) is 10.0 Å². The fourth-order valence-corrected chi connectivity index (χ4v) is 3.10. The lowest BCUT2D eigenvalue weighted by atomic mass is 10.2. The lowest BCUT2D eigenvalue weighted by Gasteiger charge is -2.16. The van der Waals surface area contributed by atoms with Crippen molar-refractivity contribution in [1.29, 1.82) is 0 Å². The Kier molecular flexibility index (Phi) is 5.39. The molecule has 2 rings (SSSR count). The average Bonchev–Trinajstić information content (AvgIpc) is 2.87. The number of amides is 1. The van der Waals surface area contributed by atoms with Crippen LogP contribution in [0.3, 0.4) is 0 Å². The van der Waals surface area contributed by atoms with E-state index in [1.165, 1.54) is 11.8 Å². The second-order valence-corrected chi connectivity index (χ2v) is 5.90. The van der Waals surface area contributed by atoms with Gasteiger partial charge in [0.05, 0.1) is 16.6 Å². The Balaban J connectivity index is 1.98. The van der Waals surface area contributed by atoms with Gasteiger partial charge in [-0.05, 0) is 17.7 Å². The average molecular weight is 338 g/mol. The van der Waals surface area contributed by atoms with E-state index in [2.05, 4.69) is 4.99 Å². The third-order valence-electron chi connectivity index (χ3n) is 2.57. The van der Waals surface area contributed by atoms with E-state index < -0.39 is 0 Å². The summed E-state index contributed by atoms with van der Waals surface area (Å²) in [6, 6.07) is 5.49. The van der Waals surface area contributed by atoms with Crippen molar-refractivity contribution in [2.24, 2.45) is 4.99 Å². The van der Waals surface area contributed by atoms with Gasteiger partial charge < -0.3 is 0 Å². The number of hydrogen-bond acceptors (Lipinski definition) is 3. The van der Waals surface area contributed by atoms with Crippen LogP contribution >= 0.6 is 46.6 Å². The summed E-state index contributed by atoms with van der Waals surface area (Å²) < 4.78 is 0. The normalized spacial score (nSPS) is 14.7. The van der Waals surface area contributed by atoms with Crippen LogP contribution in [0.5, 0.6) is 0 Å². The summed E-state index contributed by atoms with van der Waals surface area (Å²) >= 11 is 18.9. The van der Waals surface area contributed by atoms with E-state index in [0.29, 0.717) is 28.9 Å². The predicted octanol–water partition coefficient (Wildman–Crippen LogP) is 3.66. The maximum Gasteiger partial charge on any atom is 0.243 e. The van der Waals surface area contributed by atoms with Crippen LogP contribution < -0.4 is 0 Å². The van der Waals surface area contributed by atoms with E-state index in [1.54, 1.807) is 11.0 Å². The second-order valence-electron chi connectivity index (χ2n) is 3.88. The van der Waals surface area contributed by atoms with Crippen LogP contribution in [0.1, 0.15) is 5.56 Å². The van der Waals surface area contributed by atoms with E-state index in [4.69, 9.17) is 34.8 Å². The number of benzene rings is 1. The summed E-state index contributed by atoms with van der Waals surface area (Å²) in [6.45, 7) is 1.24. The smallest absolute Gasteiger partial charge is 0.243 e. The molecule has 102 valence electrons. The van der Waals surface area contributed by atoms with Crippen molar-refractivity contribution in [3.05, 3.63) is 33.8 Å². The van der Waals surface area contributed by atoms with E-state index in [1.807, 2.05) is 12.1 Å². The number of nitrogens with zero attached hydrogens (tertiary/aromatic N) is 2. The van der Waals surface area contributed by atoms with E-state index in [-0.39, 0.29) is 11.8 Å². The number of amidine groups is 1. The topological polar surface area (TPSA) is 32.7 Å². The second kappa shape index (κ2) is 6.84. The zero-order valence-corrected chi connectivity index (χ0v) is 13.0. The molecule has 1 aromatic rings. The van der Waals surface area contributed by atoms with Gasteiger partial charge in [-0.1, -0.05) is 41.0 Å². The zero-order chi connectivity index (χ0) is 13.8.